The molecule has 0 bridgehead atoms. The van der Waals surface area contributed by atoms with Gasteiger partial charge in [0.2, 0.25) is 5.95 Å². The molecule has 4 rings (SSSR count). The topological polar surface area (TPSA) is 112 Å². The Hall–Kier alpha value is -2.94. The summed E-state index contributed by atoms with van der Waals surface area (Å²) in [6.07, 6.45) is 0.438. The van der Waals surface area contributed by atoms with Gasteiger partial charge in [-0.1, -0.05) is 0 Å². The first-order chi connectivity index (χ1) is 12.5. The molecule has 1 aromatic carbocycles. The van der Waals surface area contributed by atoms with Gasteiger partial charge < -0.3 is 19.9 Å². The second-order valence-electron chi connectivity index (χ2n) is 6.58. The lowest BCUT2D eigenvalue weighted by Gasteiger charge is -2.16. The Morgan fingerprint density at radius 2 is 2.27 bits per heavy atom. The monoisotopic (exact) mass is 355 g/mol. The van der Waals surface area contributed by atoms with E-state index in [-0.39, 0.29) is 18.6 Å². The molecule has 0 unspecified atom stereocenters. The predicted molar refractivity (Wildman–Crippen MR) is 95.8 cm³/mol. The quantitative estimate of drug-likeness (QED) is 0.628. The Kier molecular flexibility index (Phi) is 4.08. The lowest BCUT2D eigenvalue weighted by Crippen LogP contribution is -2.24. The zero-order valence-electron chi connectivity index (χ0n) is 14.7. The van der Waals surface area contributed by atoms with E-state index in [1.54, 1.807) is 12.1 Å². The van der Waals surface area contributed by atoms with E-state index in [4.69, 9.17) is 0 Å². The van der Waals surface area contributed by atoms with Crippen molar-refractivity contribution in [2.75, 3.05) is 18.0 Å². The van der Waals surface area contributed by atoms with Crippen molar-refractivity contribution in [3.05, 3.63) is 35.4 Å². The van der Waals surface area contributed by atoms with Gasteiger partial charge in [0, 0.05) is 25.7 Å². The Bertz CT molecular complexity index is 961. The number of hydrogen-bond donors (Lipinski definition) is 3. The summed E-state index contributed by atoms with van der Waals surface area (Å²) in [7, 11) is 1.95. The van der Waals surface area contributed by atoms with Crippen molar-refractivity contribution in [1.82, 2.24) is 30.0 Å². The Balaban J connectivity index is 1.54. The fourth-order valence-corrected chi connectivity index (χ4v) is 3.26. The van der Waals surface area contributed by atoms with Crippen molar-refractivity contribution in [1.29, 1.82) is 0 Å². The number of fused-ring (bicyclic) bond motifs is 1. The van der Waals surface area contributed by atoms with Crippen LogP contribution in [0, 0.1) is 6.92 Å². The van der Waals surface area contributed by atoms with Crippen LogP contribution in [0.1, 0.15) is 28.4 Å². The number of benzene rings is 1. The van der Waals surface area contributed by atoms with E-state index < -0.39 is 0 Å². The van der Waals surface area contributed by atoms with Crippen LogP contribution in [0.4, 0.5) is 5.95 Å². The van der Waals surface area contributed by atoms with Crippen LogP contribution in [0.15, 0.2) is 18.2 Å². The summed E-state index contributed by atoms with van der Waals surface area (Å²) < 4.78 is 1.99. The van der Waals surface area contributed by atoms with E-state index in [1.807, 2.05) is 24.6 Å². The summed E-state index contributed by atoms with van der Waals surface area (Å²) in [6.45, 7) is 3.44. The third-order valence-electron chi connectivity index (χ3n) is 4.62. The maximum absolute atomic E-state index is 12.4. The number of amides is 1. The van der Waals surface area contributed by atoms with Gasteiger partial charge in [-0.05, 0) is 31.5 Å². The molecule has 3 N–H and O–H groups in total. The highest BCUT2D eigenvalue weighted by molar-refractivity contribution is 5.97. The summed E-state index contributed by atoms with van der Waals surface area (Å²) >= 11 is 0. The average Bonchev–Trinajstić information content (AvgIpc) is 3.32. The van der Waals surface area contributed by atoms with Crippen molar-refractivity contribution in [3.63, 3.8) is 0 Å². The molecule has 1 fully saturated rings. The third kappa shape index (κ3) is 3.01. The van der Waals surface area contributed by atoms with Gasteiger partial charge in [-0.15, -0.1) is 0 Å². The number of hydrogen-bond acceptors (Lipinski definition) is 6. The number of anilines is 1. The van der Waals surface area contributed by atoms with E-state index in [0.717, 1.165) is 29.9 Å². The van der Waals surface area contributed by atoms with Crippen LogP contribution < -0.4 is 10.2 Å². The second-order valence-corrected chi connectivity index (χ2v) is 6.58. The number of imidazole rings is 1. The molecule has 3 aromatic rings. The Morgan fingerprint density at radius 1 is 1.42 bits per heavy atom. The number of aromatic nitrogens is 5. The van der Waals surface area contributed by atoms with Gasteiger partial charge in [0.25, 0.3) is 5.91 Å². The molecule has 136 valence electrons. The zero-order chi connectivity index (χ0) is 18.3. The lowest BCUT2D eigenvalue weighted by molar-refractivity contribution is 0.0950. The molecule has 1 saturated heterocycles. The lowest BCUT2D eigenvalue weighted by atomic mass is 10.2. The van der Waals surface area contributed by atoms with E-state index in [0.29, 0.717) is 23.8 Å². The van der Waals surface area contributed by atoms with Crippen molar-refractivity contribution < 1.29 is 9.90 Å². The highest BCUT2D eigenvalue weighted by Gasteiger charge is 2.24. The largest absolute Gasteiger partial charge is 0.391 e. The predicted octanol–water partition coefficient (Wildman–Crippen LogP) is 0.501. The van der Waals surface area contributed by atoms with Gasteiger partial charge >= 0.3 is 0 Å². The number of nitrogens with one attached hydrogen (secondary N) is 2. The molecular formula is C17H21N7O2. The number of carbonyl (C=O) groups is 1. The van der Waals surface area contributed by atoms with Gasteiger partial charge in [0.1, 0.15) is 5.82 Å². The summed E-state index contributed by atoms with van der Waals surface area (Å²) in [5.74, 6) is 1.87. The molecule has 1 aliphatic heterocycles. The summed E-state index contributed by atoms with van der Waals surface area (Å²) in [4.78, 5) is 23.3. The average molecular weight is 355 g/mol. The maximum atomic E-state index is 12.4. The zero-order valence-corrected chi connectivity index (χ0v) is 14.7. The number of aliphatic hydroxyl groups excluding tert-OH is 1. The summed E-state index contributed by atoms with van der Waals surface area (Å²) in [5.41, 5.74) is 2.24. The molecular weight excluding hydrogens is 334 g/mol. The van der Waals surface area contributed by atoms with Crippen molar-refractivity contribution in [3.8, 4) is 0 Å². The smallest absolute Gasteiger partial charge is 0.251 e. The number of β-amino-alcohol motifs (C(OH)–C–C–N with tert-alkyl or cyclic N) is 1. The normalized spacial score (nSPS) is 17.2. The molecule has 0 saturated carbocycles. The van der Waals surface area contributed by atoms with Crippen LogP contribution in [0.3, 0.4) is 0 Å². The van der Waals surface area contributed by atoms with Gasteiger partial charge in [-0.3, -0.25) is 9.89 Å². The fraction of sp³-hybridized carbons (Fsp3) is 0.412. The first kappa shape index (κ1) is 16.5. The van der Waals surface area contributed by atoms with E-state index in [1.165, 1.54) is 0 Å². The first-order valence-electron chi connectivity index (χ1n) is 8.57. The summed E-state index contributed by atoms with van der Waals surface area (Å²) in [5, 5.41) is 19.3. The standard InChI is InChI=1S/C17H21N7O2/c1-10-19-15(22-21-10)8-18-16(26)11-3-4-14-13(7-11)20-17(23(14)2)24-6-5-12(25)9-24/h3-4,7,12,25H,5-6,8-9H2,1-2H3,(H,18,26)(H,19,21,22)/t12-/m0/s1. The SMILES string of the molecule is Cc1nc(CNC(=O)c2ccc3c(c2)nc(N2CC[C@H](O)C2)n3C)n[nH]1. The van der Waals surface area contributed by atoms with Crippen LogP contribution in [0.2, 0.25) is 0 Å². The highest BCUT2D eigenvalue weighted by atomic mass is 16.3. The van der Waals surface area contributed by atoms with Crippen LogP contribution in [0.25, 0.3) is 11.0 Å². The Morgan fingerprint density at radius 3 is 2.96 bits per heavy atom. The van der Waals surface area contributed by atoms with Gasteiger partial charge in [0.15, 0.2) is 5.82 Å². The number of rotatable bonds is 4. The van der Waals surface area contributed by atoms with Gasteiger partial charge in [0.05, 0.1) is 23.7 Å². The van der Waals surface area contributed by atoms with Crippen molar-refractivity contribution in [2.24, 2.45) is 7.05 Å². The minimum Gasteiger partial charge on any atom is -0.391 e. The molecule has 9 nitrogen and oxygen atoms in total. The number of H-pyrrole nitrogens is 1. The minimum absolute atomic E-state index is 0.196. The number of nitrogens with zero attached hydrogens (tertiary/aromatic N) is 5. The Labute approximate surface area is 150 Å². The number of carbonyl (C=O) groups excluding carboxylic acids is 1. The van der Waals surface area contributed by atoms with E-state index >= 15 is 0 Å². The van der Waals surface area contributed by atoms with Crippen LogP contribution >= 0.6 is 0 Å². The molecule has 1 aliphatic rings. The van der Waals surface area contributed by atoms with Crippen LogP contribution in [-0.2, 0) is 13.6 Å². The van der Waals surface area contributed by atoms with Gasteiger partial charge in [-0.2, -0.15) is 5.10 Å². The summed E-state index contributed by atoms with van der Waals surface area (Å²) in [6, 6.07) is 5.46. The molecule has 26 heavy (non-hydrogen) atoms. The molecule has 1 atom stereocenters. The van der Waals surface area contributed by atoms with E-state index in [2.05, 4.69) is 30.4 Å². The molecule has 9 heteroatoms. The van der Waals surface area contributed by atoms with Gasteiger partial charge in [-0.25, -0.2) is 9.97 Å². The number of aryl methyl sites for hydroxylation is 2. The molecule has 1 amide bonds. The third-order valence-corrected chi connectivity index (χ3v) is 4.62. The number of aliphatic hydroxyl groups is 1. The fourth-order valence-electron chi connectivity index (χ4n) is 3.26. The molecule has 3 heterocycles. The molecule has 0 radical (unpaired) electrons. The van der Waals surface area contributed by atoms with Crippen LogP contribution in [-0.4, -0.2) is 54.9 Å². The second kappa shape index (κ2) is 6.41. The van der Waals surface area contributed by atoms with Crippen LogP contribution in [0.5, 0.6) is 0 Å². The first-order valence-corrected chi connectivity index (χ1v) is 8.57. The highest BCUT2D eigenvalue weighted by Crippen LogP contribution is 2.25. The minimum atomic E-state index is -0.310. The van der Waals surface area contributed by atoms with Crippen molar-refractivity contribution >= 4 is 22.9 Å². The number of aromatic amines is 1. The molecule has 2 aromatic heterocycles. The molecule has 0 aliphatic carbocycles. The maximum Gasteiger partial charge on any atom is 0.251 e. The van der Waals surface area contributed by atoms with Crippen molar-refractivity contribution in [2.45, 2.75) is 26.0 Å². The molecule has 0 spiro atoms. The van der Waals surface area contributed by atoms with E-state index in [9.17, 15) is 9.90 Å².